The van der Waals surface area contributed by atoms with Gasteiger partial charge in [0.1, 0.15) is 6.04 Å². The number of nitrogens with one attached hydrogen (secondary N) is 2. The Balaban J connectivity index is 2.00. The van der Waals surface area contributed by atoms with Gasteiger partial charge in [-0.3, -0.25) is 4.79 Å². The van der Waals surface area contributed by atoms with Crippen molar-refractivity contribution < 1.29 is 4.79 Å². The van der Waals surface area contributed by atoms with E-state index in [-0.39, 0.29) is 5.91 Å². The molecule has 3 rings (SSSR count). The van der Waals surface area contributed by atoms with Gasteiger partial charge in [-0.05, 0) is 25.1 Å². The van der Waals surface area contributed by atoms with Crippen LogP contribution in [0.15, 0.2) is 34.8 Å². The topological polar surface area (TPSA) is 41.1 Å². The predicted molar refractivity (Wildman–Crippen MR) is 90.3 cm³/mol. The number of anilines is 2. The van der Waals surface area contributed by atoms with Gasteiger partial charge in [-0.2, -0.15) is 0 Å². The van der Waals surface area contributed by atoms with Crippen LogP contribution in [-0.4, -0.2) is 5.91 Å². The Morgan fingerprint density at radius 1 is 1.19 bits per heavy atom. The highest BCUT2D eigenvalue weighted by Gasteiger charge is 2.31. The maximum atomic E-state index is 12.2. The minimum atomic E-state index is -0.504. The second kappa shape index (κ2) is 5.52. The molecule has 2 N–H and O–H groups in total. The van der Waals surface area contributed by atoms with Crippen LogP contribution in [0, 0.1) is 6.92 Å². The third-order valence-electron chi connectivity index (χ3n) is 3.33. The SMILES string of the molecule is Cc1ccc2c(c1)C(Nc1c(Cl)cc(Br)cc1Cl)C(=O)N2. The number of hydrogen-bond donors (Lipinski definition) is 2. The second-order valence-electron chi connectivity index (χ2n) is 4.90. The number of fused-ring (bicyclic) bond motifs is 1. The summed E-state index contributed by atoms with van der Waals surface area (Å²) in [4.78, 5) is 12.2. The van der Waals surface area contributed by atoms with Gasteiger partial charge in [0.05, 0.1) is 15.7 Å². The molecule has 1 atom stereocenters. The van der Waals surface area contributed by atoms with Crippen LogP contribution in [0.4, 0.5) is 11.4 Å². The first kappa shape index (κ1) is 14.7. The van der Waals surface area contributed by atoms with Crippen LogP contribution in [0.5, 0.6) is 0 Å². The zero-order valence-electron chi connectivity index (χ0n) is 11.0. The fourth-order valence-electron chi connectivity index (χ4n) is 2.35. The molecule has 0 aromatic heterocycles. The van der Waals surface area contributed by atoms with Crippen molar-refractivity contribution in [1.29, 1.82) is 0 Å². The number of rotatable bonds is 2. The lowest BCUT2D eigenvalue weighted by Gasteiger charge is -2.16. The average Bonchev–Trinajstić information content (AvgIpc) is 2.69. The molecular weight excluding hydrogens is 375 g/mol. The van der Waals surface area contributed by atoms with Crippen molar-refractivity contribution in [2.24, 2.45) is 0 Å². The summed E-state index contributed by atoms with van der Waals surface area (Å²) in [6, 6.07) is 8.80. The van der Waals surface area contributed by atoms with Gasteiger partial charge < -0.3 is 10.6 Å². The molecule has 2 aromatic carbocycles. The van der Waals surface area contributed by atoms with Crippen molar-refractivity contribution in [3.05, 3.63) is 56.0 Å². The highest BCUT2D eigenvalue weighted by Crippen LogP contribution is 2.39. The highest BCUT2D eigenvalue weighted by molar-refractivity contribution is 9.10. The van der Waals surface area contributed by atoms with Gasteiger partial charge in [-0.1, -0.05) is 56.8 Å². The summed E-state index contributed by atoms with van der Waals surface area (Å²) in [5.74, 6) is -0.120. The van der Waals surface area contributed by atoms with E-state index in [1.54, 1.807) is 12.1 Å². The van der Waals surface area contributed by atoms with Crippen LogP contribution in [0.3, 0.4) is 0 Å². The maximum absolute atomic E-state index is 12.2. The summed E-state index contributed by atoms with van der Waals surface area (Å²) in [6.45, 7) is 1.99. The predicted octanol–water partition coefficient (Wildman–Crippen LogP) is 5.17. The fourth-order valence-corrected chi connectivity index (χ4v) is 3.67. The van der Waals surface area contributed by atoms with E-state index in [1.165, 1.54) is 0 Å². The molecule has 1 aliphatic rings. The lowest BCUT2D eigenvalue weighted by Crippen LogP contribution is -2.20. The van der Waals surface area contributed by atoms with Crippen LogP contribution in [-0.2, 0) is 4.79 Å². The molecule has 2 aromatic rings. The van der Waals surface area contributed by atoms with E-state index in [1.807, 2.05) is 25.1 Å². The smallest absolute Gasteiger partial charge is 0.251 e. The minimum Gasteiger partial charge on any atom is -0.368 e. The van der Waals surface area contributed by atoms with Gasteiger partial charge >= 0.3 is 0 Å². The Morgan fingerprint density at radius 3 is 2.52 bits per heavy atom. The van der Waals surface area contributed by atoms with Crippen LogP contribution < -0.4 is 10.6 Å². The van der Waals surface area contributed by atoms with E-state index < -0.39 is 6.04 Å². The second-order valence-corrected chi connectivity index (χ2v) is 6.63. The van der Waals surface area contributed by atoms with Crippen molar-refractivity contribution in [2.45, 2.75) is 13.0 Å². The first-order valence-electron chi connectivity index (χ1n) is 6.28. The third kappa shape index (κ3) is 2.76. The Labute approximate surface area is 140 Å². The molecule has 0 radical (unpaired) electrons. The Bertz CT molecular complexity index is 725. The van der Waals surface area contributed by atoms with Gasteiger partial charge in [0.25, 0.3) is 5.91 Å². The average molecular weight is 386 g/mol. The van der Waals surface area contributed by atoms with Gasteiger partial charge in [0.2, 0.25) is 0 Å². The molecule has 1 aliphatic heterocycles. The molecule has 0 spiro atoms. The number of amides is 1. The Hall–Kier alpha value is -1.23. The number of aryl methyl sites for hydroxylation is 1. The van der Waals surface area contributed by atoms with Gasteiger partial charge in [-0.15, -0.1) is 0 Å². The van der Waals surface area contributed by atoms with Crippen molar-refractivity contribution in [2.75, 3.05) is 10.6 Å². The standard InChI is InChI=1S/C15H11BrCl2N2O/c1-7-2-3-12-9(4-7)13(15(21)19-12)20-14-10(17)5-8(16)6-11(14)18/h2-6,13,20H,1H3,(H,19,21). The summed E-state index contributed by atoms with van der Waals surface area (Å²) >= 11 is 15.8. The minimum absolute atomic E-state index is 0.120. The highest BCUT2D eigenvalue weighted by atomic mass is 79.9. The number of benzene rings is 2. The molecule has 0 fully saturated rings. The third-order valence-corrected chi connectivity index (χ3v) is 4.39. The summed E-state index contributed by atoms with van der Waals surface area (Å²) < 4.78 is 0.787. The van der Waals surface area contributed by atoms with Gasteiger partial charge in [-0.25, -0.2) is 0 Å². The van der Waals surface area contributed by atoms with Crippen LogP contribution in [0.1, 0.15) is 17.2 Å². The zero-order chi connectivity index (χ0) is 15.1. The largest absolute Gasteiger partial charge is 0.368 e. The van der Waals surface area contributed by atoms with Crippen molar-refractivity contribution in [3.8, 4) is 0 Å². The molecule has 108 valence electrons. The van der Waals surface area contributed by atoms with E-state index in [0.29, 0.717) is 15.7 Å². The molecular formula is C15H11BrCl2N2O. The lowest BCUT2D eigenvalue weighted by molar-refractivity contribution is -0.116. The summed E-state index contributed by atoms with van der Waals surface area (Å²) in [5.41, 5.74) is 3.35. The first-order chi connectivity index (χ1) is 9.95. The summed E-state index contributed by atoms with van der Waals surface area (Å²) in [7, 11) is 0. The van der Waals surface area contributed by atoms with E-state index in [9.17, 15) is 4.79 Å². The molecule has 0 saturated carbocycles. The molecule has 1 heterocycles. The fraction of sp³-hybridized carbons (Fsp3) is 0.133. The molecule has 1 amide bonds. The normalized spacial score (nSPS) is 16.6. The van der Waals surface area contributed by atoms with E-state index in [4.69, 9.17) is 23.2 Å². The molecule has 6 heteroatoms. The zero-order valence-corrected chi connectivity index (χ0v) is 14.1. The number of carbonyl (C=O) groups excluding carboxylic acids is 1. The maximum Gasteiger partial charge on any atom is 0.251 e. The number of hydrogen-bond acceptors (Lipinski definition) is 2. The number of carbonyl (C=O) groups is 1. The monoisotopic (exact) mass is 384 g/mol. The summed E-state index contributed by atoms with van der Waals surface area (Å²) in [6.07, 6.45) is 0. The van der Waals surface area contributed by atoms with Crippen molar-refractivity contribution >= 4 is 56.4 Å². The first-order valence-corrected chi connectivity index (χ1v) is 7.83. The van der Waals surface area contributed by atoms with E-state index >= 15 is 0 Å². The lowest BCUT2D eigenvalue weighted by atomic mass is 10.1. The molecule has 0 bridgehead atoms. The molecule has 3 nitrogen and oxygen atoms in total. The quantitative estimate of drug-likeness (QED) is 0.748. The molecule has 0 saturated heterocycles. The van der Waals surface area contributed by atoms with Crippen molar-refractivity contribution in [1.82, 2.24) is 0 Å². The Kier molecular flexibility index (Phi) is 3.86. The molecule has 0 aliphatic carbocycles. The molecule has 1 unspecified atom stereocenters. The summed E-state index contributed by atoms with van der Waals surface area (Å²) in [5, 5.41) is 6.91. The van der Waals surface area contributed by atoms with E-state index in [0.717, 1.165) is 21.3 Å². The number of halogens is 3. The Morgan fingerprint density at radius 2 is 1.86 bits per heavy atom. The van der Waals surface area contributed by atoms with Gasteiger partial charge in [0.15, 0.2) is 0 Å². The van der Waals surface area contributed by atoms with Crippen LogP contribution in [0.25, 0.3) is 0 Å². The van der Waals surface area contributed by atoms with Gasteiger partial charge in [0, 0.05) is 15.7 Å². The van der Waals surface area contributed by atoms with Crippen LogP contribution in [0.2, 0.25) is 10.0 Å². The molecule has 21 heavy (non-hydrogen) atoms. The van der Waals surface area contributed by atoms with Crippen LogP contribution >= 0.6 is 39.1 Å². The van der Waals surface area contributed by atoms with E-state index in [2.05, 4.69) is 26.6 Å². The van der Waals surface area contributed by atoms with Crippen molar-refractivity contribution in [3.63, 3.8) is 0 Å².